The van der Waals surface area contributed by atoms with Crippen LogP contribution in [0.3, 0.4) is 0 Å². The Hall–Kier alpha value is -1.84. The van der Waals surface area contributed by atoms with Gasteiger partial charge in [0.2, 0.25) is 6.01 Å². The van der Waals surface area contributed by atoms with Crippen molar-refractivity contribution in [2.45, 2.75) is 37.5 Å². The number of carbonyl (C=O) groups excluding carboxylic acids is 1. The molecule has 1 saturated heterocycles. The molecule has 1 fully saturated rings. The molecule has 6 nitrogen and oxygen atoms in total. The molecular formula is C20H25FO6S2. The Balaban J connectivity index is 1.99. The summed E-state index contributed by atoms with van der Waals surface area (Å²) < 4.78 is 52.8. The molecule has 0 aromatic heterocycles. The number of rotatable bonds is 8. The molecule has 2 aromatic carbocycles. The van der Waals surface area contributed by atoms with E-state index in [1.807, 2.05) is 19.1 Å². The monoisotopic (exact) mass is 444 g/mol. The van der Waals surface area contributed by atoms with Crippen molar-refractivity contribution in [3.63, 3.8) is 0 Å². The first-order valence-electron chi connectivity index (χ1n) is 9.55. The van der Waals surface area contributed by atoms with E-state index in [1.54, 1.807) is 24.3 Å². The Morgan fingerprint density at radius 1 is 1.10 bits per heavy atom. The first-order chi connectivity index (χ1) is 13.9. The maximum atomic E-state index is 13.0. The fourth-order valence-corrected chi connectivity index (χ4v) is 8.84. The SMILES string of the molecule is CCCCOC(=O)Oc1ccc(S2(OS(=O)(=O)CF)CCCC2)c2ccccc12. The van der Waals surface area contributed by atoms with Crippen LogP contribution in [0.15, 0.2) is 41.3 Å². The minimum Gasteiger partial charge on any atom is -0.434 e. The third-order valence-electron chi connectivity index (χ3n) is 4.72. The average molecular weight is 445 g/mol. The van der Waals surface area contributed by atoms with Crippen molar-refractivity contribution in [2.75, 3.05) is 24.1 Å². The highest BCUT2D eigenvalue weighted by Gasteiger charge is 2.38. The third kappa shape index (κ3) is 5.02. The molecule has 9 heteroatoms. The topological polar surface area (TPSA) is 78.9 Å². The van der Waals surface area contributed by atoms with E-state index in [4.69, 9.17) is 13.1 Å². The lowest BCUT2D eigenvalue weighted by Gasteiger charge is -2.35. The van der Waals surface area contributed by atoms with E-state index in [2.05, 4.69) is 0 Å². The molecule has 1 aliphatic heterocycles. The minimum absolute atomic E-state index is 0.285. The van der Waals surface area contributed by atoms with Crippen LogP contribution in [0.2, 0.25) is 0 Å². The highest BCUT2D eigenvalue weighted by atomic mass is 32.3. The highest BCUT2D eigenvalue weighted by molar-refractivity contribution is 8.33. The summed E-state index contributed by atoms with van der Waals surface area (Å²) in [6.07, 6.45) is 2.50. The minimum atomic E-state index is -4.26. The van der Waals surface area contributed by atoms with E-state index in [0.717, 1.165) is 36.0 Å². The lowest BCUT2D eigenvalue weighted by molar-refractivity contribution is 0.0983. The predicted molar refractivity (Wildman–Crippen MR) is 112 cm³/mol. The van der Waals surface area contributed by atoms with Crippen molar-refractivity contribution < 1.29 is 30.7 Å². The predicted octanol–water partition coefficient (Wildman–Crippen LogP) is 5.30. The normalized spacial score (nSPS) is 17.2. The molecule has 160 valence electrons. The van der Waals surface area contributed by atoms with Gasteiger partial charge in [0.1, 0.15) is 5.75 Å². The molecule has 2 aromatic rings. The molecule has 29 heavy (non-hydrogen) atoms. The molecule has 0 N–H and O–H groups in total. The second kappa shape index (κ2) is 9.32. The van der Waals surface area contributed by atoms with Crippen molar-refractivity contribution in [1.29, 1.82) is 0 Å². The van der Waals surface area contributed by atoms with Gasteiger partial charge in [-0.3, -0.25) is 0 Å². The van der Waals surface area contributed by atoms with E-state index >= 15 is 0 Å². The summed E-state index contributed by atoms with van der Waals surface area (Å²) >= 11 is 0. The van der Waals surface area contributed by atoms with Crippen LogP contribution in [0.25, 0.3) is 10.8 Å². The van der Waals surface area contributed by atoms with Gasteiger partial charge in [0.25, 0.3) is 0 Å². The summed E-state index contributed by atoms with van der Waals surface area (Å²) in [4.78, 5) is 12.7. The Labute approximate surface area is 172 Å². The maximum absolute atomic E-state index is 13.0. The molecular weight excluding hydrogens is 419 g/mol. The molecule has 3 rings (SSSR count). The van der Waals surface area contributed by atoms with Gasteiger partial charge in [-0.1, -0.05) is 47.9 Å². The fourth-order valence-electron chi connectivity index (χ4n) is 3.39. The number of halogens is 1. The molecule has 0 atom stereocenters. The van der Waals surface area contributed by atoms with Gasteiger partial charge in [0.05, 0.1) is 6.61 Å². The summed E-state index contributed by atoms with van der Waals surface area (Å²) in [6.45, 7) is 2.28. The smallest absolute Gasteiger partial charge is 0.434 e. The standard InChI is InChI=1S/C20H25FO6S2/c1-2-3-12-25-20(22)26-18-10-11-19(17-9-5-4-8-16(17)18)28(13-6-7-14-28)27-29(23,24)15-21/h4-5,8-11H,2-3,6-7,12-15H2,1H3. The Morgan fingerprint density at radius 2 is 1.79 bits per heavy atom. The molecule has 0 bridgehead atoms. The summed E-state index contributed by atoms with van der Waals surface area (Å²) in [6, 6.07) is 9.04. The van der Waals surface area contributed by atoms with Crippen molar-refractivity contribution in [2.24, 2.45) is 0 Å². The van der Waals surface area contributed by atoms with Gasteiger partial charge in [-0.05, 0) is 36.8 Å². The molecule has 0 radical (unpaired) electrons. The second-order valence-electron chi connectivity index (χ2n) is 6.82. The molecule has 0 aliphatic carbocycles. The number of alkyl halides is 1. The summed E-state index contributed by atoms with van der Waals surface area (Å²) in [7, 11) is -6.45. The first kappa shape index (κ1) is 21.9. The van der Waals surface area contributed by atoms with E-state index in [-0.39, 0.29) is 6.61 Å². The average Bonchev–Trinajstić information content (AvgIpc) is 3.17. The number of hydrogen-bond acceptors (Lipinski definition) is 6. The van der Waals surface area contributed by atoms with Crippen molar-refractivity contribution in [3.05, 3.63) is 36.4 Å². The van der Waals surface area contributed by atoms with Gasteiger partial charge in [-0.2, -0.15) is 8.42 Å². The highest BCUT2D eigenvalue weighted by Crippen LogP contribution is 2.64. The number of hydrogen-bond donors (Lipinski definition) is 0. The molecule has 0 amide bonds. The van der Waals surface area contributed by atoms with Crippen LogP contribution in [0.1, 0.15) is 32.6 Å². The quantitative estimate of drug-likeness (QED) is 0.312. The second-order valence-corrected chi connectivity index (χ2v) is 11.6. The van der Waals surface area contributed by atoms with Crippen LogP contribution in [0.4, 0.5) is 9.18 Å². The van der Waals surface area contributed by atoms with Gasteiger partial charge in [0, 0.05) is 21.8 Å². The zero-order valence-corrected chi connectivity index (χ0v) is 17.9. The number of fused-ring (bicyclic) bond motifs is 1. The van der Waals surface area contributed by atoms with Crippen LogP contribution < -0.4 is 4.74 Å². The van der Waals surface area contributed by atoms with Crippen molar-refractivity contribution in [1.82, 2.24) is 0 Å². The number of benzene rings is 2. The van der Waals surface area contributed by atoms with E-state index in [0.29, 0.717) is 22.6 Å². The van der Waals surface area contributed by atoms with Crippen LogP contribution >= 0.6 is 10.3 Å². The molecule has 1 aliphatic rings. The Kier molecular flexibility index (Phi) is 7.02. The van der Waals surface area contributed by atoms with Gasteiger partial charge in [-0.15, -0.1) is 0 Å². The van der Waals surface area contributed by atoms with Crippen LogP contribution in [0, 0.1) is 0 Å². The van der Waals surface area contributed by atoms with Crippen LogP contribution in [0.5, 0.6) is 5.75 Å². The van der Waals surface area contributed by atoms with E-state index in [1.165, 1.54) is 0 Å². The summed E-state index contributed by atoms with van der Waals surface area (Å²) in [5.74, 6) is 1.43. The van der Waals surface area contributed by atoms with E-state index < -0.39 is 32.6 Å². The number of carbonyl (C=O) groups is 1. The molecule has 0 spiro atoms. The Morgan fingerprint density at radius 3 is 2.45 bits per heavy atom. The van der Waals surface area contributed by atoms with E-state index in [9.17, 15) is 17.6 Å². The number of unbranched alkanes of at least 4 members (excludes halogenated alkanes) is 1. The van der Waals surface area contributed by atoms with Crippen LogP contribution in [-0.4, -0.2) is 38.7 Å². The lowest BCUT2D eigenvalue weighted by atomic mass is 10.1. The lowest BCUT2D eigenvalue weighted by Crippen LogP contribution is -2.16. The van der Waals surface area contributed by atoms with Gasteiger partial charge in [-0.25, -0.2) is 12.8 Å². The first-order valence-corrected chi connectivity index (χ1v) is 13.0. The van der Waals surface area contributed by atoms with Crippen LogP contribution in [-0.2, 0) is 18.5 Å². The van der Waals surface area contributed by atoms with Crippen molar-refractivity contribution in [3.8, 4) is 5.75 Å². The van der Waals surface area contributed by atoms with Gasteiger partial charge >= 0.3 is 16.3 Å². The van der Waals surface area contributed by atoms with Gasteiger partial charge < -0.3 is 9.47 Å². The maximum Gasteiger partial charge on any atom is 0.513 e. The summed E-state index contributed by atoms with van der Waals surface area (Å²) in [5.41, 5.74) is 0. The third-order valence-corrected chi connectivity index (χ3v) is 9.91. The summed E-state index contributed by atoms with van der Waals surface area (Å²) in [5, 5.41) is 1.38. The van der Waals surface area contributed by atoms with Gasteiger partial charge in [0.15, 0.2) is 0 Å². The number of ether oxygens (including phenoxy) is 2. The fraction of sp³-hybridized carbons (Fsp3) is 0.450. The zero-order valence-electron chi connectivity index (χ0n) is 16.3. The van der Waals surface area contributed by atoms with Crippen molar-refractivity contribution >= 4 is 37.4 Å². The molecule has 0 saturated carbocycles. The molecule has 1 heterocycles. The largest absolute Gasteiger partial charge is 0.513 e. The zero-order chi connectivity index (χ0) is 20.9. The molecule has 0 unspecified atom stereocenters. The Bertz CT molecular complexity index is 970.